The van der Waals surface area contributed by atoms with Crippen molar-refractivity contribution in [1.29, 1.82) is 0 Å². The zero-order chi connectivity index (χ0) is 13.8. The second-order valence-electron chi connectivity index (χ2n) is 6.89. The summed E-state index contributed by atoms with van der Waals surface area (Å²) >= 11 is 0. The Morgan fingerprint density at radius 1 is 1.15 bits per heavy atom. The summed E-state index contributed by atoms with van der Waals surface area (Å²) in [7, 11) is 0. The number of fused-ring (bicyclic) bond motifs is 2. The molecule has 1 aliphatic heterocycles. The Kier molecular flexibility index (Phi) is 2.53. The van der Waals surface area contributed by atoms with Gasteiger partial charge in [-0.1, -0.05) is 31.0 Å². The molecule has 20 heavy (non-hydrogen) atoms. The quantitative estimate of drug-likeness (QED) is 0.898. The van der Waals surface area contributed by atoms with Crippen molar-refractivity contribution < 1.29 is 9.90 Å². The molecular weight excluding hydrogens is 250 g/mol. The van der Waals surface area contributed by atoms with E-state index in [1.807, 2.05) is 11.0 Å². The van der Waals surface area contributed by atoms with Crippen molar-refractivity contribution in [2.45, 2.75) is 56.0 Å². The molecule has 0 atom stereocenters. The van der Waals surface area contributed by atoms with E-state index in [9.17, 15) is 9.90 Å². The second-order valence-corrected chi connectivity index (χ2v) is 6.89. The van der Waals surface area contributed by atoms with Gasteiger partial charge >= 0.3 is 0 Å². The summed E-state index contributed by atoms with van der Waals surface area (Å²) in [6, 6.07) is 8.29. The fourth-order valence-electron chi connectivity index (χ4n) is 4.02. The molecule has 3 nitrogen and oxygen atoms in total. The van der Waals surface area contributed by atoms with Crippen LogP contribution in [-0.4, -0.2) is 23.2 Å². The predicted molar refractivity (Wildman–Crippen MR) is 77.7 cm³/mol. The van der Waals surface area contributed by atoms with Crippen molar-refractivity contribution in [3.8, 4) is 0 Å². The fourth-order valence-corrected chi connectivity index (χ4v) is 4.02. The van der Waals surface area contributed by atoms with Crippen molar-refractivity contribution >= 4 is 11.6 Å². The van der Waals surface area contributed by atoms with E-state index in [1.165, 1.54) is 18.4 Å². The zero-order valence-corrected chi connectivity index (χ0v) is 11.8. The topological polar surface area (TPSA) is 40.5 Å². The zero-order valence-electron chi connectivity index (χ0n) is 11.8. The van der Waals surface area contributed by atoms with Gasteiger partial charge in [0.05, 0.1) is 12.0 Å². The van der Waals surface area contributed by atoms with Crippen molar-refractivity contribution in [1.82, 2.24) is 0 Å². The molecule has 0 unspecified atom stereocenters. The third-order valence-electron chi connectivity index (χ3n) is 5.40. The molecule has 2 saturated carbocycles. The molecule has 0 radical (unpaired) electrons. The van der Waals surface area contributed by atoms with Crippen LogP contribution in [0.3, 0.4) is 0 Å². The van der Waals surface area contributed by atoms with Crippen LogP contribution in [0.15, 0.2) is 24.3 Å². The summed E-state index contributed by atoms with van der Waals surface area (Å²) < 4.78 is 0. The SMILES string of the molecule is O=C(CC1(O)CCCC1)N1CC2(CC2)c2ccccc21. The minimum atomic E-state index is -0.745. The summed E-state index contributed by atoms with van der Waals surface area (Å²) in [5.74, 6) is 0.102. The number of hydrogen-bond donors (Lipinski definition) is 1. The van der Waals surface area contributed by atoms with E-state index in [1.54, 1.807) is 0 Å². The predicted octanol–water partition coefficient (Wildman–Crippen LogP) is 2.76. The lowest BCUT2D eigenvalue weighted by molar-refractivity contribution is -0.123. The summed E-state index contributed by atoms with van der Waals surface area (Å²) in [4.78, 5) is 14.6. The van der Waals surface area contributed by atoms with E-state index in [0.717, 1.165) is 37.9 Å². The number of hydrogen-bond acceptors (Lipinski definition) is 2. The van der Waals surface area contributed by atoms with Crippen LogP contribution in [0.2, 0.25) is 0 Å². The number of benzene rings is 1. The number of amides is 1. The first-order chi connectivity index (χ1) is 9.62. The lowest BCUT2D eigenvalue weighted by atomic mass is 9.97. The molecule has 3 heteroatoms. The molecule has 2 fully saturated rings. The summed E-state index contributed by atoms with van der Waals surface area (Å²) in [5.41, 5.74) is 1.92. The fraction of sp³-hybridized carbons (Fsp3) is 0.588. The van der Waals surface area contributed by atoms with Gasteiger partial charge in [0.15, 0.2) is 0 Å². The van der Waals surface area contributed by atoms with Crippen molar-refractivity contribution in [3.05, 3.63) is 29.8 Å². The van der Waals surface area contributed by atoms with Crippen LogP contribution >= 0.6 is 0 Å². The Morgan fingerprint density at radius 3 is 2.55 bits per heavy atom. The average molecular weight is 271 g/mol. The molecule has 1 amide bonds. The van der Waals surface area contributed by atoms with Crippen molar-refractivity contribution in [3.63, 3.8) is 0 Å². The highest BCUT2D eigenvalue weighted by Gasteiger charge is 2.53. The Hall–Kier alpha value is -1.35. The Bertz CT molecular complexity index is 556. The number of anilines is 1. The molecule has 0 saturated heterocycles. The first-order valence-corrected chi connectivity index (χ1v) is 7.74. The summed E-state index contributed by atoms with van der Waals surface area (Å²) in [5, 5.41) is 10.5. The van der Waals surface area contributed by atoms with Gasteiger partial charge in [-0.3, -0.25) is 4.79 Å². The minimum absolute atomic E-state index is 0.102. The maximum Gasteiger partial charge on any atom is 0.229 e. The normalized spacial score (nSPS) is 24.9. The van der Waals surface area contributed by atoms with Gasteiger partial charge in [0.25, 0.3) is 0 Å². The number of para-hydroxylation sites is 1. The van der Waals surface area contributed by atoms with Crippen molar-refractivity contribution in [2.24, 2.45) is 0 Å². The van der Waals surface area contributed by atoms with Crippen LogP contribution in [0.5, 0.6) is 0 Å². The highest BCUT2D eigenvalue weighted by Crippen LogP contribution is 2.56. The van der Waals surface area contributed by atoms with Crippen molar-refractivity contribution in [2.75, 3.05) is 11.4 Å². The Labute approximate surface area is 119 Å². The number of aliphatic hydroxyl groups is 1. The standard InChI is InChI=1S/C17H21NO2/c19-15(11-17(20)7-3-4-8-17)18-12-16(9-10-16)13-5-1-2-6-14(13)18/h1-2,5-6,20H,3-4,7-12H2. The molecule has 1 heterocycles. The maximum absolute atomic E-state index is 12.7. The van der Waals surface area contributed by atoms with E-state index in [-0.39, 0.29) is 17.7 Å². The third kappa shape index (κ3) is 1.80. The molecule has 1 N–H and O–H groups in total. The van der Waals surface area contributed by atoms with Crippen LogP contribution in [0, 0.1) is 0 Å². The first-order valence-electron chi connectivity index (χ1n) is 7.74. The van der Waals surface area contributed by atoms with Gasteiger partial charge in [-0.2, -0.15) is 0 Å². The van der Waals surface area contributed by atoms with Crippen LogP contribution in [-0.2, 0) is 10.2 Å². The number of nitrogens with zero attached hydrogens (tertiary/aromatic N) is 1. The van der Waals surface area contributed by atoms with E-state index < -0.39 is 5.60 Å². The summed E-state index contributed by atoms with van der Waals surface area (Å²) in [6.07, 6.45) is 6.32. The number of rotatable bonds is 2. The van der Waals surface area contributed by atoms with Crippen LogP contribution in [0.1, 0.15) is 50.5 Å². The largest absolute Gasteiger partial charge is 0.389 e. The lowest BCUT2D eigenvalue weighted by Gasteiger charge is -2.25. The molecular formula is C17H21NO2. The molecule has 1 aromatic carbocycles. The van der Waals surface area contributed by atoms with Gasteiger partial charge in [-0.15, -0.1) is 0 Å². The summed E-state index contributed by atoms with van der Waals surface area (Å²) in [6.45, 7) is 0.821. The molecule has 4 rings (SSSR count). The van der Waals surface area contributed by atoms with Crippen LogP contribution in [0.25, 0.3) is 0 Å². The lowest BCUT2D eigenvalue weighted by Crippen LogP contribution is -2.38. The maximum atomic E-state index is 12.7. The molecule has 106 valence electrons. The number of carbonyl (C=O) groups is 1. The van der Waals surface area contributed by atoms with Crippen LogP contribution < -0.4 is 4.90 Å². The van der Waals surface area contributed by atoms with E-state index in [2.05, 4.69) is 18.2 Å². The average Bonchev–Trinajstić information content (AvgIpc) is 2.97. The molecule has 1 spiro atoms. The smallest absolute Gasteiger partial charge is 0.229 e. The van der Waals surface area contributed by atoms with Gasteiger partial charge in [0, 0.05) is 17.6 Å². The monoisotopic (exact) mass is 271 g/mol. The molecule has 1 aromatic rings. The highest BCUT2D eigenvalue weighted by molar-refractivity contribution is 5.97. The second kappa shape index (κ2) is 4.08. The van der Waals surface area contributed by atoms with E-state index in [0.29, 0.717) is 0 Å². The van der Waals surface area contributed by atoms with Gasteiger partial charge in [-0.25, -0.2) is 0 Å². The molecule has 0 aromatic heterocycles. The molecule has 2 aliphatic carbocycles. The van der Waals surface area contributed by atoms with Crippen LogP contribution in [0.4, 0.5) is 5.69 Å². The van der Waals surface area contributed by atoms with Gasteiger partial charge in [-0.05, 0) is 37.3 Å². The van der Waals surface area contributed by atoms with Gasteiger partial charge in [0.1, 0.15) is 0 Å². The first kappa shape index (κ1) is 12.4. The minimum Gasteiger partial charge on any atom is -0.389 e. The Balaban J connectivity index is 1.59. The highest BCUT2D eigenvalue weighted by atomic mass is 16.3. The number of carbonyl (C=O) groups excluding carboxylic acids is 1. The molecule has 3 aliphatic rings. The van der Waals surface area contributed by atoms with Gasteiger partial charge < -0.3 is 10.0 Å². The van der Waals surface area contributed by atoms with E-state index in [4.69, 9.17) is 0 Å². The third-order valence-corrected chi connectivity index (χ3v) is 5.40. The Morgan fingerprint density at radius 2 is 1.85 bits per heavy atom. The van der Waals surface area contributed by atoms with E-state index >= 15 is 0 Å². The van der Waals surface area contributed by atoms with Gasteiger partial charge in [0.2, 0.25) is 5.91 Å². The molecule has 0 bridgehead atoms.